The Kier molecular flexibility index (Phi) is 2.66. The van der Waals surface area contributed by atoms with Crippen molar-refractivity contribution in [2.24, 2.45) is 0 Å². The monoisotopic (exact) mass is 377 g/mol. The Morgan fingerprint density at radius 2 is 2.10 bits per heavy atom. The summed E-state index contributed by atoms with van der Waals surface area (Å²) in [5.41, 5.74) is 9.52. The Labute approximate surface area is 129 Å². The molecule has 1 aliphatic carbocycles. The van der Waals surface area contributed by atoms with E-state index in [2.05, 4.69) is 61.9 Å². The highest BCUT2D eigenvalue weighted by molar-refractivity contribution is 14.1. The molecule has 0 aliphatic heterocycles. The minimum Gasteiger partial charge on any atom is -0.383 e. The van der Waals surface area contributed by atoms with E-state index in [1.54, 1.807) is 0 Å². The third-order valence-electron chi connectivity index (χ3n) is 3.87. The van der Waals surface area contributed by atoms with E-state index in [0.29, 0.717) is 5.82 Å². The van der Waals surface area contributed by atoms with E-state index in [-0.39, 0.29) is 6.04 Å². The van der Waals surface area contributed by atoms with E-state index in [0.717, 1.165) is 27.6 Å². The maximum Gasteiger partial charge on any atom is 0.165 e. The molecular weight excluding hydrogens is 365 g/mol. The van der Waals surface area contributed by atoms with Crippen LogP contribution < -0.4 is 5.73 Å². The molecule has 5 nitrogen and oxygen atoms in total. The number of anilines is 1. The molecule has 1 unspecified atom stereocenters. The summed E-state index contributed by atoms with van der Waals surface area (Å²) in [7, 11) is 0. The lowest BCUT2D eigenvalue weighted by molar-refractivity contribution is 0.530. The number of aromatic nitrogens is 4. The van der Waals surface area contributed by atoms with Gasteiger partial charge in [-0.15, -0.1) is 0 Å². The summed E-state index contributed by atoms with van der Waals surface area (Å²) in [6, 6.07) is 8.78. The second kappa shape index (κ2) is 4.41. The largest absolute Gasteiger partial charge is 0.383 e. The van der Waals surface area contributed by atoms with Gasteiger partial charge in [-0.1, -0.05) is 24.3 Å². The van der Waals surface area contributed by atoms with Gasteiger partial charge in [-0.2, -0.15) is 5.10 Å². The Morgan fingerprint density at radius 1 is 1.25 bits per heavy atom. The third-order valence-corrected chi connectivity index (χ3v) is 4.63. The lowest BCUT2D eigenvalue weighted by atomic mass is 10.1. The summed E-state index contributed by atoms with van der Waals surface area (Å²) in [5.74, 6) is 0.497. The number of hydrogen-bond donors (Lipinski definition) is 1. The second-order valence-electron chi connectivity index (χ2n) is 4.95. The molecule has 0 fully saturated rings. The van der Waals surface area contributed by atoms with E-state index < -0.39 is 0 Å². The Hall–Kier alpha value is -1.70. The van der Waals surface area contributed by atoms with Crippen molar-refractivity contribution < 1.29 is 0 Å². The Bertz CT molecular complexity index is 810. The van der Waals surface area contributed by atoms with Crippen molar-refractivity contribution in [3.8, 4) is 0 Å². The zero-order valence-corrected chi connectivity index (χ0v) is 12.8. The summed E-state index contributed by atoms with van der Waals surface area (Å²) < 4.78 is 2.86. The average molecular weight is 377 g/mol. The predicted molar refractivity (Wildman–Crippen MR) is 85.4 cm³/mol. The highest BCUT2D eigenvalue weighted by Crippen LogP contribution is 2.36. The number of hydrogen-bond acceptors (Lipinski definition) is 4. The fourth-order valence-electron chi connectivity index (χ4n) is 2.96. The van der Waals surface area contributed by atoms with Crippen LogP contribution >= 0.6 is 22.6 Å². The molecule has 4 rings (SSSR count). The van der Waals surface area contributed by atoms with Gasteiger partial charge in [0.05, 0.1) is 11.4 Å². The van der Waals surface area contributed by atoms with Crippen LogP contribution in [0.4, 0.5) is 5.82 Å². The molecule has 0 radical (unpaired) electrons. The van der Waals surface area contributed by atoms with Gasteiger partial charge in [0.1, 0.15) is 15.8 Å². The summed E-state index contributed by atoms with van der Waals surface area (Å²) in [5, 5.41) is 5.51. The van der Waals surface area contributed by atoms with Crippen LogP contribution in [0.2, 0.25) is 0 Å². The first-order valence-corrected chi connectivity index (χ1v) is 7.55. The first-order valence-electron chi connectivity index (χ1n) is 6.47. The molecule has 0 bridgehead atoms. The molecule has 0 amide bonds. The van der Waals surface area contributed by atoms with Crippen molar-refractivity contribution in [1.82, 2.24) is 19.7 Å². The lowest BCUT2D eigenvalue weighted by Crippen LogP contribution is -2.10. The molecule has 100 valence electrons. The van der Waals surface area contributed by atoms with Crippen LogP contribution in [0.25, 0.3) is 11.0 Å². The van der Waals surface area contributed by atoms with Gasteiger partial charge in [0.2, 0.25) is 0 Å². The molecular formula is C14H12IN5. The van der Waals surface area contributed by atoms with Gasteiger partial charge >= 0.3 is 0 Å². The summed E-state index contributed by atoms with van der Waals surface area (Å²) >= 11 is 2.20. The van der Waals surface area contributed by atoms with Gasteiger partial charge in [0.25, 0.3) is 0 Å². The number of aryl methyl sites for hydroxylation is 1. The van der Waals surface area contributed by atoms with Crippen LogP contribution in [0.1, 0.15) is 23.6 Å². The van der Waals surface area contributed by atoms with Crippen molar-refractivity contribution in [2.75, 3.05) is 5.73 Å². The van der Waals surface area contributed by atoms with Crippen molar-refractivity contribution in [2.45, 2.75) is 18.9 Å². The van der Waals surface area contributed by atoms with Crippen molar-refractivity contribution in [3.05, 3.63) is 45.4 Å². The topological polar surface area (TPSA) is 69.6 Å². The number of halogens is 1. The van der Waals surface area contributed by atoms with Gasteiger partial charge in [0.15, 0.2) is 5.65 Å². The SMILES string of the molecule is Nc1ncnc2c1c(I)nn2C1CCc2ccccc21. The maximum absolute atomic E-state index is 5.95. The number of nitrogen functional groups attached to an aromatic ring is 1. The molecule has 1 aliphatic rings. The molecule has 0 spiro atoms. The molecule has 1 atom stereocenters. The van der Waals surface area contributed by atoms with E-state index in [1.807, 2.05) is 4.68 Å². The van der Waals surface area contributed by atoms with Gasteiger partial charge in [-0.05, 0) is 46.6 Å². The summed E-state index contributed by atoms with van der Waals surface area (Å²) in [6.07, 6.45) is 3.64. The summed E-state index contributed by atoms with van der Waals surface area (Å²) in [6.45, 7) is 0. The molecule has 0 saturated carbocycles. The minimum absolute atomic E-state index is 0.242. The minimum atomic E-state index is 0.242. The van der Waals surface area contributed by atoms with Crippen LogP contribution in [-0.2, 0) is 6.42 Å². The van der Waals surface area contributed by atoms with Crippen molar-refractivity contribution in [3.63, 3.8) is 0 Å². The first kappa shape index (κ1) is 12.1. The van der Waals surface area contributed by atoms with Crippen LogP contribution in [0.15, 0.2) is 30.6 Å². The first-order chi connectivity index (χ1) is 9.75. The standard InChI is InChI=1S/C14H12IN5/c15-12-11-13(16)17-7-18-14(11)20(19-12)10-6-5-8-3-1-2-4-9(8)10/h1-4,7,10H,5-6H2,(H2,16,17,18). The van der Waals surface area contributed by atoms with Gasteiger partial charge < -0.3 is 5.73 Å². The highest BCUT2D eigenvalue weighted by atomic mass is 127. The van der Waals surface area contributed by atoms with Crippen LogP contribution in [0.5, 0.6) is 0 Å². The number of nitrogens with two attached hydrogens (primary N) is 1. The van der Waals surface area contributed by atoms with Crippen LogP contribution in [0.3, 0.4) is 0 Å². The van der Waals surface area contributed by atoms with Gasteiger partial charge in [0, 0.05) is 0 Å². The number of rotatable bonds is 1. The zero-order valence-electron chi connectivity index (χ0n) is 10.6. The average Bonchev–Trinajstić information content (AvgIpc) is 3.01. The summed E-state index contributed by atoms with van der Waals surface area (Å²) in [4.78, 5) is 8.45. The molecule has 2 N–H and O–H groups in total. The van der Waals surface area contributed by atoms with Crippen molar-refractivity contribution >= 4 is 39.4 Å². The molecule has 3 aromatic rings. The van der Waals surface area contributed by atoms with Gasteiger partial charge in [-0.3, -0.25) is 0 Å². The molecule has 2 heterocycles. The predicted octanol–water partition coefficient (Wildman–Crippen LogP) is 2.55. The third kappa shape index (κ3) is 1.64. The second-order valence-corrected chi connectivity index (χ2v) is 5.97. The molecule has 6 heteroatoms. The molecule has 0 saturated heterocycles. The Morgan fingerprint density at radius 3 is 3.00 bits per heavy atom. The number of benzene rings is 1. The van der Waals surface area contributed by atoms with Crippen molar-refractivity contribution in [1.29, 1.82) is 0 Å². The quantitative estimate of drug-likeness (QED) is 0.662. The number of fused-ring (bicyclic) bond motifs is 2. The number of nitrogens with zero attached hydrogens (tertiary/aromatic N) is 4. The van der Waals surface area contributed by atoms with E-state index in [1.165, 1.54) is 17.5 Å². The molecule has 2 aromatic heterocycles. The lowest BCUT2D eigenvalue weighted by Gasteiger charge is -2.12. The van der Waals surface area contributed by atoms with Gasteiger partial charge in [-0.25, -0.2) is 14.6 Å². The van der Waals surface area contributed by atoms with E-state index in [4.69, 9.17) is 5.73 Å². The molecule has 1 aromatic carbocycles. The highest BCUT2D eigenvalue weighted by Gasteiger charge is 2.27. The van der Waals surface area contributed by atoms with Crippen LogP contribution in [-0.4, -0.2) is 19.7 Å². The zero-order chi connectivity index (χ0) is 13.7. The fraction of sp³-hybridized carbons (Fsp3) is 0.214. The maximum atomic E-state index is 5.95. The fourth-order valence-corrected chi connectivity index (χ4v) is 3.71. The smallest absolute Gasteiger partial charge is 0.165 e. The van der Waals surface area contributed by atoms with Crippen LogP contribution in [0, 0.1) is 3.70 Å². The van der Waals surface area contributed by atoms with E-state index >= 15 is 0 Å². The molecule has 20 heavy (non-hydrogen) atoms. The Balaban J connectivity index is 1.95. The van der Waals surface area contributed by atoms with E-state index in [9.17, 15) is 0 Å². The normalized spacial score (nSPS) is 17.6.